The van der Waals surface area contributed by atoms with Gasteiger partial charge in [-0.15, -0.1) is 0 Å². The number of amidine groups is 1. The molecule has 0 aromatic rings. The highest BCUT2D eigenvalue weighted by Gasteiger charge is 1.94. The van der Waals surface area contributed by atoms with Crippen molar-refractivity contribution in [2.75, 3.05) is 34.0 Å². The Labute approximate surface area is 72.9 Å². The molecular weight excluding hydrogens is 158 g/mol. The lowest BCUT2D eigenvalue weighted by Crippen LogP contribution is -2.31. The molecule has 3 N–H and O–H groups in total. The van der Waals surface area contributed by atoms with Gasteiger partial charge in [-0.25, -0.2) is 5.84 Å². The minimum atomic E-state index is 0.609. The molecule has 0 aliphatic rings. The number of nitrogens with zero attached hydrogens (tertiary/aromatic N) is 1. The molecule has 0 bridgehead atoms. The second-order valence-electron chi connectivity index (χ2n) is 2.21. The molecule has 0 aliphatic carbocycles. The van der Waals surface area contributed by atoms with Crippen LogP contribution in [0.4, 0.5) is 0 Å². The molecule has 0 aliphatic heterocycles. The van der Waals surface area contributed by atoms with E-state index < -0.39 is 0 Å². The van der Waals surface area contributed by atoms with E-state index in [1.54, 1.807) is 14.2 Å². The van der Waals surface area contributed by atoms with E-state index in [0.29, 0.717) is 26.2 Å². The van der Waals surface area contributed by atoms with Crippen molar-refractivity contribution in [3.8, 4) is 0 Å². The van der Waals surface area contributed by atoms with E-state index in [2.05, 4.69) is 10.4 Å². The maximum Gasteiger partial charge on any atom is 0.113 e. The fraction of sp³-hybridized carbons (Fsp3) is 0.857. The average molecular weight is 175 g/mol. The van der Waals surface area contributed by atoms with Crippen molar-refractivity contribution in [1.29, 1.82) is 0 Å². The summed E-state index contributed by atoms with van der Waals surface area (Å²) in [5, 5.41) is 0. The van der Waals surface area contributed by atoms with Gasteiger partial charge in [0.2, 0.25) is 0 Å². The van der Waals surface area contributed by atoms with Crippen LogP contribution in [0.1, 0.15) is 6.42 Å². The van der Waals surface area contributed by atoms with Crippen LogP contribution >= 0.6 is 0 Å². The van der Waals surface area contributed by atoms with Crippen LogP contribution < -0.4 is 11.3 Å². The quantitative estimate of drug-likeness (QED) is 0.188. The Kier molecular flexibility index (Phi) is 7.99. The Hall–Kier alpha value is -0.650. The van der Waals surface area contributed by atoms with E-state index in [1.807, 2.05) is 0 Å². The zero-order valence-electron chi connectivity index (χ0n) is 7.67. The number of hydrazine groups is 1. The van der Waals surface area contributed by atoms with E-state index in [4.69, 9.17) is 15.3 Å². The molecule has 0 saturated heterocycles. The van der Waals surface area contributed by atoms with E-state index in [0.717, 1.165) is 5.84 Å². The molecule has 0 spiro atoms. The predicted octanol–water partition coefficient (Wildman–Crippen LogP) is -0.469. The van der Waals surface area contributed by atoms with Crippen molar-refractivity contribution in [1.82, 2.24) is 5.43 Å². The average Bonchev–Trinajstić information content (AvgIpc) is 2.11. The topological polar surface area (TPSA) is 68.9 Å². The molecule has 12 heavy (non-hydrogen) atoms. The second-order valence-corrected chi connectivity index (χ2v) is 2.21. The Bertz CT molecular complexity index is 128. The first-order valence-corrected chi connectivity index (χ1v) is 3.83. The zero-order chi connectivity index (χ0) is 9.23. The normalized spacial score (nSPS) is 11.8. The monoisotopic (exact) mass is 175 g/mol. The third-order valence-corrected chi connectivity index (χ3v) is 1.31. The zero-order valence-corrected chi connectivity index (χ0v) is 7.67. The SMILES string of the molecule is COCCN=C(CCOC)NN. The lowest BCUT2D eigenvalue weighted by Gasteiger charge is -2.04. The smallest absolute Gasteiger partial charge is 0.113 e. The molecular formula is C7H17N3O2. The fourth-order valence-electron chi connectivity index (χ4n) is 0.667. The number of methoxy groups -OCH3 is 2. The highest BCUT2D eigenvalue weighted by molar-refractivity contribution is 5.81. The Morgan fingerprint density at radius 2 is 2.00 bits per heavy atom. The minimum Gasteiger partial charge on any atom is -0.384 e. The number of aliphatic imine (C=N–C) groups is 1. The van der Waals surface area contributed by atoms with Gasteiger partial charge >= 0.3 is 0 Å². The first kappa shape index (κ1) is 11.4. The van der Waals surface area contributed by atoms with Crippen LogP contribution in [0.15, 0.2) is 4.99 Å². The van der Waals surface area contributed by atoms with E-state index in [1.165, 1.54) is 0 Å². The van der Waals surface area contributed by atoms with Crippen molar-refractivity contribution >= 4 is 5.84 Å². The number of hydrogen-bond acceptors (Lipinski definition) is 4. The Balaban J connectivity index is 3.55. The molecule has 72 valence electrons. The van der Waals surface area contributed by atoms with Crippen LogP contribution in [-0.2, 0) is 9.47 Å². The first-order chi connectivity index (χ1) is 5.85. The van der Waals surface area contributed by atoms with Crippen molar-refractivity contribution in [3.05, 3.63) is 0 Å². The summed E-state index contributed by atoms with van der Waals surface area (Å²) in [6.45, 7) is 1.86. The van der Waals surface area contributed by atoms with Gasteiger partial charge in [0.1, 0.15) is 5.84 Å². The van der Waals surface area contributed by atoms with Gasteiger partial charge < -0.3 is 14.9 Å². The minimum absolute atomic E-state index is 0.609. The molecule has 0 radical (unpaired) electrons. The van der Waals surface area contributed by atoms with Gasteiger partial charge in [-0.3, -0.25) is 4.99 Å². The summed E-state index contributed by atoms with van der Waals surface area (Å²) in [6, 6.07) is 0. The number of hydrogen-bond donors (Lipinski definition) is 2. The predicted molar refractivity (Wildman–Crippen MR) is 48.0 cm³/mol. The Morgan fingerprint density at radius 1 is 1.33 bits per heavy atom. The summed E-state index contributed by atoms with van der Waals surface area (Å²) >= 11 is 0. The van der Waals surface area contributed by atoms with Crippen LogP contribution in [0, 0.1) is 0 Å². The maximum absolute atomic E-state index is 5.22. The second kappa shape index (κ2) is 8.45. The lowest BCUT2D eigenvalue weighted by atomic mass is 10.4. The standard InChI is InChI=1S/C7H17N3O2/c1-11-5-3-7(10-8)9-4-6-12-2/h3-6,8H2,1-2H3,(H,9,10). The molecule has 0 heterocycles. The first-order valence-electron chi connectivity index (χ1n) is 3.83. The van der Waals surface area contributed by atoms with Gasteiger partial charge in [0.05, 0.1) is 19.8 Å². The van der Waals surface area contributed by atoms with Gasteiger partial charge in [0, 0.05) is 20.6 Å². The molecule has 5 nitrogen and oxygen atoms in total. The molecule has 0 rings (SSSR count). The highest BCUT2D eigenvalue weighted by atomic mass is 16.5. The third kappa shape index (κ3) is 6.09. The number of ether oxygens (including phenoxy) is 2. The molecule has 0 fully saturated rings. The summed E-state index contributed by atoms with van der Waals surface area (Å²) in [5.74, 6) is 5.96. The largest absolute Gasteiger partial charge is 0.384 e. The number of nitrogens with one attached hydrogen (secondary N) is 1. The van der Waals surface area contributed by atoms with Crippen LogP contribution in [-0.4, -0.2) is 39.8 Å². The van der Waals surface area contributed by atoms with Gasteiger partial charge in [-0.2, -0.15) is 0 Å². The fourth-order valence-corrected chi connectivity index (χ4v) is 0.667. The van der Waals surface area contributed by atoms with Crippen LogP contribution in [0.3, 0.4) is 0 Å². The summed E-state index contributed by atoms with van der Waals surface area (Å²) in [6.07, 6.45) is 0.705. The molecule has 0 amide bonds. The van der Waals surface area contributed by atoms with Gasteiger partial charge in [0.25, 0.3) is 0 Å². The van der Waals surface area contributed by atoms with Crippen LogP contribution in [0.5, 0.6) is 0 Å². The van der Waals surface area contributed by atoms with Gasteiger partial charge in [0.15, 0.2) is 0 Å². The van der Waals surface area contributed by atoms with Crippen molar-refractivity contribution < 1.29 is 9.47 Å². The van der Waals surface area contributed by atoms with Crippen LogP contribution in [0.2, 0.25) is 0 Å². The molecule has 0 saturated carbocycles. The van der Waals surface area contributed by atoms with E-state index >= 15 is 0 Å². The van der Waals surface area contributed by atoms with E-state index in [9.17, 15) is 0 Å². The molecule has 0 aromatic heterocycles. The molecule has 0 unspecified atom stereocenters. The number of nitrogens with two attached hydrogens (primary N) is 1. The Morgan fingerprint density at radius 3 is 2.50 bits per heavy atom. The lowest BCUT2D eigenvalue weighted by molar-refractivity contribution is 0.204. The molecule has 5 heteroatoms. The summed E-state index contributed by atoms with van der Waals surface area (Å²) in [7, 11) is 3.28. The summed E-state index contributed by atoms with van der Waals surface area (Å²) in [4.78, 5) is 4.14. The molecule has 0 aromatic carbocycles. The molecule has 0 atom stereocenters. The van der Waals surface area contributed by atoms with Gasteiger partial charge in [-0.05, 0) is 0 Å². The summed E-state index contributed by atoms with van der Waals surface area (Å²) in [5.41, 5.74) is 2.51. The van der Waals surface area contributed by atoms with Gasteiger partial charge in [-0.1, -0.05) is 0 Å². The third-order valence-electron chi connectivity index (χ3n) is 1.31. The number of rotatable bonds is 6. The summed E-state index contributed by atoms with van der Waals surface area (Å²) < 4.78 is 9.71. The van der Waals surface area contributed by atoms with Crippen molar-refractivity contribution in [3.63, 3.8) is 0 Å². The van der Waals surface area contributed by atoms with Crippen LogP contribution in [0.25, 0.3) is 0 Å². The maximum atomic E-state index is 5.22. The van der Waals surface area contributed by atoms with Crippen molar-refractivity contribution in [2.45, 2.75) is 6.42 Å². The highest BCUT2D eigenvalue weighted by Crippen LogP contribution is 1.84. The van der Waals surface area contributed by atoms with Crippen molar-refractivity contribution in [2.24, 2.45) is 10.8 Å². The van der Waals surface area contributed by atoms with E-state index in [-0.39, 0.29) is 0 Å².